The second kappa shape index (κ2) is 3.01. The van der Waals surface area contributed by atoms with Gasteiger partial charge in [0, 0.05) is 5.20 Å². The molecule has 0 amide bonds. The minimum atomic E-state index is -1.59. The number of hydrogen-bond acceptors (Lipinski definition) is 1. The van der Waals surface area contributed by atoms with Crippen molar-refractivity contribution < 1.29 is 9.90 Å². The van der Waals surface area contributed by atoms with E-state index >= 15 is 0 Å². The number of allylic oxidation sites excluding steroid dienone is 1. The monoisotopic (exact) mass is 158 g/mol. The molecule has 0 aromatic carbocycles. The van der Waals surface area contributed by atoms with E-state index < -0.39 is 14.0 Å². The Kier molecular flexibility index (Phi) is 2.84. The predicted molar refractivity (Wildman–Crippen MR) is 44.7 cm³/mol. The van der Waals surface area contributed by atoms with Crippen LogP contribution in [0.2, 0.25) is 19.6 Å². The molecule has 0 aliphatic rings. The number of hydrogen-bond donors (Lipinski definition) is 1. The molecular weight excluding hydrogens is 144 g/mol. The lowest BCUT2D eigenvalue weighted by Crippen LogP contribution is -2.29. The van der Waals surface area contributed by atoms with Crippen LogP contribution in [0, 0.1) is 0 Å². The van der Waals surface area contributed by atoms with Crippen LogP contribution in [-0.4, -0.2) is 19.1 Å². The first-order valence-corrected chi connectivity index (χ1v) is 6.79. The summed E-state index contributed by atoms with van der Waals surface area (Å²) >= 11 is 0. The van der Waals surface area contributed by atoms with E-state index in [9.17, 15) is 4.79 Å². The summed E-state index contributed by atoms with van der Waals surface area (Å²) in [6.45, 7) is 7.85. The molecule has 58 valence electrons. The van der Waals surface area contributed by atoms with Crippen molar-refractivity contribution in [3.8, 4) is 0 Å². The van der Waals surface area contributed by atoms with E-state index in [4.69, 9.17) is 5.11 Å². The first-order chi connectivity index (χ1) is 4.39. The van der Waals surface area contributed by atoms with Gasteiger partial charge in [-0.1, -0.05) is 25.7 Å². The molecule has 0 saturated carbocycles. The molecule has 10 heavy (non-hydrogen) atoms. The quantitative estimate of drug-likeness (QED) is 0.492. The summed E-state index contributed by atoms with van der Waals surface area (Å²) in [7, 11) is -1.59. The number of rotatable bonds is 2. The standard InChI is InChI=1S/C7H14O2Si/c1-5-6(7(8)9)10(2,3)4/h5H,1-4H3,(H,8,9). The topological polar surface area (TPSA) is 37.3 Å². The van der Waals surface area contributed by atoms with Crippen LogP contribution < -0.4 is 0 Å². The van der Waals surface area contributed by atoms with E-state index in [-0.39, 0.29) is 0 Å². The van der Waals surface area contributed by atoms with Crippen LogP contribution in [0.1, 0.15) is 6.92 Å². The van der Waals surface area contributed by atoms with Crippen molar-refractivity contribution in [2.75, 3.05) is 0 Å². The Morgan fingerprint density at radius 3 is 1.80 bits per heavy atom. The molecule has 0 aliphatic carbocycles. The van der Waals surface area contributed by atoms with Crippen molar-refractivity contribution in [2.24, 2.45) is 0 Å². The highest BCUT2D eigenvalue weighted by molar-refractivity contribution is 6.86. The van der Waals surface area contributed by atoms with Crippen molar-refractivity contribution in [1.82, 2.24) is 0 Å². The number of carboxylic acid groups (broad SMARTS) is 1. The largest absolute Gasteiger partial charge is 0.478 e. The first kappa shape index (κ1) is 9.43. The van der Waals surface area contributed by atoms with E-state index in [1.807, 2.05) is 19.6 Å². The highest BCUT2D eigenvalue weighted by Gasteiger charge is 2.23. The Labute approximate surface area is 62.6 Å². The summed E-state index contributed by atoms with van der Waals surface area (Å²) < 4.78 is 0. The van der Waals surface area contributed by atoms with Crippen molar-refractivity contribution in [1.29, 1.82) is 0 Å². The van der Waals surface area contributed by atoms with Crippen LogP contribution in [-0.2, 0) is 4.79 Å². The minimum Gasteiger partial charge on any atom is -0.478 e. The Balaban J connectivity index is 4.56. The van der Waals surface area contributed by atoms with Gasteiger partial charge >= 0.3 is 5.97 Å². The summed E-state index contributed by atoms with van der Waals surface area (Å²) in [4.78, 5) is 10.5. The Morgan fingerprint density at radius 1 is 1.40 bits per heavy atom. The second-order valence-electron chi connectivity index (χ2n) is 3.26. The third-order valence-electron chi connectivity index (χ3n) is 1.33. The van der Waals surface area contributed by atoms with Crippen LogP contribution >= 0.6 is 0 Å². The molecule has 2 nitrogen and oxygen atoms in total. The molecule has 0 unspecified atom stereocenters. The maximum Gasteiger partial charge on any atom is 0.327 e. The van der Waals surface area contributed by atoms with Gasteiger partial charge in [0.2, 0.25) is 0 Å². The van der Waals surface area contributed by atoms with Gasteiger partial charge in [0.15, 0.2) is 0 Å². The fourth-order valence-corrected chi connectivity index (χ4v) is 2.38. The summed E-state index contributed by atoms with van der Waals surface area (Å²) in [5.74, 6) is -0.762. The number of aliphatic carboxylic acids is 1. The molecule has 0 heterocycles. The molecule has 0 aromatic heterocycles. The highest BCUT2D eigenvalue weighted by Crippen LogP contribution is 2.13. The normalized spacial score (nSPS) is 13.4. The zero-order chi connectivity index (χ0) is 8.36. The lowest BCUT2D eigenvalue weighted by Gasteiger charge is -2.15. The Bertz CT molecular complexity index is 165. The van der Waals surface area contributed by atoms with E-state index in [1.54, 1.807) is 13.0 Å². The Morgan fingerprint density at radius 2 is 1.80 bits per heavy atom. The van der Waals surface area contributed by atoms with Gasteiger partial charge in [0.25, 0.3) is 0 Å². The van der Waals surface area contributed by atoms with Crippen molar-refractivity contribution in [3.63, 3.8) is 0 Å². The molecule has 0 atom stereocenters. The number of carbonyl (C=O) groups is 1. The van der Waals surface area contributed by atoms with Crippen LogP contribution in [0.25, 0.3) is 0 Å². The van der Waals surface area contributed by atoms with Gasteiger partial charge in [-0.3, -0.25) is 0 Å². The molecule has 0 spiro atoms. The third-order valence-corrected chi connectivity index (χ3v) is 3.45. The van der Waals surface area contributed by atoms with Gasteiger partial charge in [0.1, 0.15) is 0 Å². The lowest BCUT2D eigenvalue weighted by molar-refractivity contribution is -0.132. The van der Waals surface area contributed by atoms with E-state index in [0.717, 1.165) is 0 Å². The van der Waals surface area contributed by atoms with Gasteiger partial charge in [0.05, 0.1) is 8.07 Å². The van der Waals surface area contributed by atoms with E-state index in [2.05, 4.69) is 0 Å². The fraction of sp³-hybridized carbons (Fsp3) is 0.571. The summed E-state index contributed by atoms with van der Waals surface area (Å²) in [5.41, 5.74) is 0. The maximum atomic E-state index is 10.5. The molecule has 3 heteroatoms. The molecule has 0 aliphatic heterocycles. The molecular formula is C7H14O2Si. The Hall–Kier alpha value is -0.573. The third kappa shape index (κ3) is 2.35. The lowest BCUT2D eigenvalue weighted by atomic mass is 10.5. The zero-order valence-electron chi connectivity index (χ0n) is 6.93. The molecule has 0 rings (SSSR count). The van der Waals surface area contributed by atoms with Crippen molar-refractivity contribution in [3.05, 3.63) is 11.3 Å². The van der Waals surface area contributed by atoms with E-state index in [1.165, 1.54) is 0 Å². The summed E-state index contributed by atoms with van der Waals surface area (Å²) in [6.07, 6.45) is 1.70. The SMILES string of the molecule is CC=C(C(=O)O)[Si](C)(C)C. The van der Waals surface area contributed by atoms with Crippen LogP contribution in [0.5, 0.6) is 0 Å². The zero-order valence-corrected chi connectivity index (χ0v) is 7.93. The average molecular weight is 158 g/mol. The van der Waals surface area contributed by atoms with Gasteiger partial charge in [-0.2, -0.15) is 0 Å². The average Bonchev–Trinajstić information content (AvgIpc) is 1.60. The smallest absolute Gasteiger partial charge is 0.327 e. The molecule has 1 N–H and O–H groups in total. The molecule has 0 radical (unpaired) electrons. The number of carboxylic acids is 1. The molecule has 0 aromatic rings. The summed E-state index contributed by atoms with van der Waals surface area (Å²) in [5, 5.41) is 9.28. The van der Waals surface area contributed by atoms with E-state index in [0.29, 0.717) is 5.20 Å². The fourth-order valence-electron chi connectivity index (χ4n) is 0.877. The van der Waals surface area contributed by atoms with Crippen LogP contribution in [0.15, 0.2) is 11.3 Å². The minimum absolute atomic E-state index is 0.604. The van der Waals surface area contributed by atoms with Gasteiger partial charge in [-0.25, -0.2) is 4.79 Å². The summed E-state index contributed by atoms with van der Waals surface area (Å²) in [6, 6.07) is 0. The van der Waals surface area contributed by atoms with Gasteiger partial charge in [-0.15, -0.1) is 0 Å². The van der Waals surface area contributed by atoms with Crippen LogP contribution in [0.4, 0.5) is 0 Å². The predicted octanol–water partition coefficient (Wildman–Crippen LogP) is 1.89. The van der Waals surface area contributed by atoms with Gasteiger partial charge < -0.3 is 5.11 Å². The second-order valence-corrected chi connectivity index (χ2v) is 8.30. The van der Waals surface area contributed by atoms with Crippen LogP contribution in [0.3, 0.4) is 0 Å². The maximum absolute atomic E-state index is 10.5. The first-order valence-electron chi connectivity index (χ1n) is 3.29. The molecule has 0 fully saturated rings. The molecule has 0 saturated heterocycles. The molecule has 0 bridgehead atoms. The highest BCUT2D eigenvalue weighted by atomic mass is 28.3. The van der Waals surface area contributed by atoms with Crippen molar-refractivity contribution >= 4 is 14.0 Å². The van der Waals surface area contributed by atoms with Crippen molar-refractivity contribution in [2.45, 2.75) is 26.6 Å². The van der Waals surface area contributed by atoms with Gasteiger partial charge in [-0.05, 0) is 6.92 Å².